The molecule has 0 heterocycles. The van der Waals surface area contributed by atoms with E-state index < -0.39 is 22.0 Å². The lowest BCUT2D eigenvalue weighted by Crippen LogP contribution is -2.53. The molecule has 5 nitrogen and oxygen atoms in total. The van der Waals surface area contributed by atoms with E-state index in [1.165, 1.54) is 83.5 Å². The third-order valence-electron chi connectivity index (χ3n) is 6.60. The second-order valence-corrected chi connectivity index (χ2v) is 11.6. The number of likely N-dealkylation sites (N-methyl/N-ethyl adjacent to an activating group) is 1. The van der Waals surface area contributed by atoms with Gasteiger partial charge in [-0.2, -0.15) is 0 Å². The molecule has 0 bridgehead atoms. The van der Waals surface area contributed by atoms with Crippen LogP contribution in [-0.4, -0.2) is 61.1 Å². The van der Waals surface area contributed by atoms with Gasteiger partial charge in [-0.3, -0.25) is 0 Å². The molecule has 0 radical (unpaired) electrons. The maximum absolute atomic E-state index is 11.0. The number of rotatable bonds is 22. The maximum atomic E-state index is 11.0. The van der Waals surface area contributed by atoms with E-state index in [4.69, 9.17) is 0 Å². The molecule has 0 fully saturated rings. The number of nitrogens with zero attached hydrogens (tertiary/aromatic N) is 1. The van der Waals surface area contributed by atoms with Crippen LogP contribution in [0.25, 0.3) is 0 Å². The van der Waals surface area contributed by atoms with Crippen LogP contribution < -0.4 is 0 Å². The normalized spacial score (nSPS) is 14.6. The number of hydrogen-bond acceptors (Lipinski definition) is 4. The van der Waals surface area contributed by atoms with Gasteiger partial charge in [-0.15, -0.1) is 0 Å². The van der Waals surface area contributed by atoms with E-state index in [2.05, 4.69) is 27.9 Å². The molecule has 2 unspecified atom stereocenters. The van der Waals surface area contributed by atoms with Crippen molar-refractivity contribution >= 4 is 10.1 Å². The zero-order chi connectivity index (χ0) is 23.6. The van der Waals surface area contributed by atoms with Crippen LogP contribution >= 0.6 is 0 Å². The SMILES string of the molecule is CCCCCCCCCCCCCCCC(CCCC)[N+](C)(C)CC(O)CS(=O)(=O)[O-]. The van der Waals surface area contributed by atoms with Crippen LogP contribution in [0.1, 0.15) is 123 Å². The van der Waals surface area contributed by atoms with E-state index in [1.807, 2.05) is 0 Å². The highest BCUT2D eigenvalue weighted by molar-refractivity contribution is 7.85. The average Bonchev–Trinajstić information content (AvgIpc) is 2.65. The van der Waals surface area contributed by atoms with Gasteiger partial charge in [0.2, 0.25) is 0 Å². The number of hydrogen-bond donors (Lipinski definition) is 1. The van der Waals surface area contributed by atoms with Gasteiger partial charge in [-0.05, 0) is 25.7 Å². The Morgan fingerprint density at radius 2 is 1.10 bits per heavy atom. The summed E-state index contributed by atoms with van der Waals surface area (Å²) in [7, 11) is -0.272. The fraction of sp³-hybridized carbons (Fsp3) is 1.00. The van der Waals surface area contributed by atoms with Crippen LogP contribution in [0, 0.1) is 0 Å². The van der Waals surface area contributed by atoms with Gasteiger partial charge in [0, 0.05) is 0 Å². The van der Waals surface area contributed by atoms with Crippen molar-refractivity contribution < 1.29 is 22.6 Å². The Hall–Kier alpha value is -0.170. The Labute approximate surface area is 194 Å². The smallest absolute Gasteiger partial charge is 0.116 e. The van der Waals surface area contributed by atoms with E-state index in [9.17, 15) is 18.1 Å². The second kappa shape index (κ2) is 18.3. The number of aliphatic hydroxyl groups excluding tert-OH is 1. The van der Waals surface area contributed by atoms with Crippen molar-refractivity contribution in [2.45, 2.75) is 135 Å². The van der Waals surface area contributed by atoms with Gasteiger partial charge in [-0.25, -0.2) is 8.42 Å². The zero-order valence-corrected chi connectivity index (χ0v) is 21.9. The fourth-order valence-electron chi connectivity index (χ4n) is 4.66. The predicted molar refractivity (Wildman–Crippen MR) is 131 cm³/mol. The van der Waals surface area contributed by atoms with Gasteiger partial charge in [0.05, 0.1) is 36.0 Å². The maximum Gasteiger partial charge on any atom is 0.116 e. The standard InChI is InChI=1S/C25H53NO4S/c1-5-7-9-10-11-12-13-14-15-16-17-18-19-21-24(20-8-6-2)26(3,4)22-25(27)23-31(28,29)30/h24-25,27H,5-23H2,1-4H3. The molecule has 0 aliphatic rings. The van der Waals surface area contributed by atoms with Crippen LogP contribution in [-0.2, 0) is 10.1 Å². The van der Waals surface area contributed by atoms with E-state index in [0.717, 1.165) is 25.7 Å². The molecule has 0 saturated carbocycles. The van der Waals surface area contributed by atoms with Gasteiger partial charge < -0.3 is 14.1 Å². The lowest BCUT2D eigenvalue weighted by atomic mass is 9.98. The Balaban J connectivity index is 4.05. The molecule has 188 valence electrons. The molecule has 6 heteroatoms. The first-order valence-corrected chi connectivity index (χ1v) is 14.6. The molecule has 1 N–H and O–H groups in total. The quantitative estimate of drug-likeness (QED) is 0.121. The molecular weight excluding hydrogens is 410 g/mol. The highest BCUT2D eigenvalue weighted by atomic mass is 32.2. The first kappa shape index (κ1) is 30.8. The largest absolute Gasteiger partial charge is 0.748 e. The molecule has 0 aromatic carbocycles. The molecule has 0 saturated heterocycles. The minimum absolute atomic E-state index is 0.314. The lowest BCUT2D eigenvalue weighted by molar-refractivity contribution is -0.918. The zero-order valence-electron chi connectivity index (χ0n) is 21.1. The molecule has 0 aromatic rings. The lowest BCUT2D eigenvalue weighted by Gasteiger charge is -2.40. The third-order valence-corrected chi connectivity index (χ3v) is 7.39. The van der Waals surface area contributed by atoms with Gasteiger partial charge >= 0.3 is 0 Å². The van der Waals surface area contributed by atoms with E-state index in [-0.39, 0.29) is 0 Å². The van der Waals surface area contributed by atoms with Gasteiger partial charge in [-0.1, -0.05) is 97.3 Å². The van der Waals surface area contributed by atoms with Crippen LogP contribution in [0.2, 0.25) is 0 Å². The summed E-state index contributed by atoms with van der Waals surface area (Å²) in [6, 6.07) is 0.400. The average molecular weight is 464 g/mol. The van der Waals surface area contributed by atoms with Crippen LogP contribution in [0.15, 0.2) is 0 Å². The Morgan fingerprint density at radius 1 is 0.710 bits per heavy atom. The van der Waals surface area contributed by atoms with Crippen LogP contribution in [0.4, 0.5) is 0 Å². The van der Waals surface area contributed by atoms with Crippen molar-refractivity contribution in [3.05, 3.63) is 0 Å². The van der Waals surface area contributed by atoms with E-state index in [1.54, 1.807) is 0 Å². The highest BCUT2D eigenvalue weighted by Gasteiger charge is 2.30. The molecule has 0 spiro atoms. The Kier molecular flexibility index (Phi) is 18.2. The third kappa shape index (κ3) is 19.0. The van der Waals surface area contributed by atoms with Crippen molar-refractivity contribution in [2.24, 2.45) is 0 Å². The van der Waals surface area contributed by atoms with E-state index in [0.29, 0.717) is 17.1 Å². The highest BCUT2D eigenvalue weighted by Crippen LogP contribution is 2.22. The predicted octanol–water partition coefficient (Wildman–Crippen LogP) is 6.01. The summed E-state index contributed by atoms with van der Waals surface area (Å²) in [5.74, 6) is -0.687. The molecule has 0 aliphatic carbocycles. The first-order valence-electron chi connectivity index (χ1n) is 13.1. The number of aliphatic hydroxyl groups is 1. The summed E-state index contributed by atoms with van der Waals surface area (Å²) in [5.41, 5.74) is 0. The second-order valence-electron chi connectivity index (χ2n) is 10.2. The molecule has 0 amide bonds. The van der Waals surface area contributed by atoms with Gasteiger partial charge in [0.15, 0.2) is 0 Å². The number of unbranched alkanes of at least 4 members (excludes halogenated alkanes) is 13. The summed E-state index contributed by atoms with van der Waals surface area (Å²) in [5, 5.41) is 10.1. The van der Waals surface area contributed by atoms with Gasteiger partial charge in [0.1, 0.15) is 12.6 Å². The first-order chi connectivity index (χ1) is 14.6. The Bertz CT molecular complexity index is 508. The molecule has 0 rings (SSSR count). The minimum Gasteiger partial charge on any atom is -0.748 e. The van der Waals surface area contributed by atoms with Crippen molar-refractivity contribution in [1.82, 2.24) is 0 Å². The molecule has 31 heavy (non-hydrogen) atoms. The molecule has 0 aromatic heterocycles. The summed E-state index contributed by atoms with van der Waals surface area (Å²) in [6.07, 6.45) is 20.9. The molecule has 2 atom stereocenters. The number of quaternary nitrogens is 1. The van der Waals surface area contributed by atoms with Crippen LogP contribution in [0.3, 0.4) is 0 Å². The topological polar surface area (TPSA) is 77.4 Å². The van der Waals surface area contributed by atoms with Crippen molar-refractivity contribution in [2.75, 3.05) is 26.4 Å². The van der Waals surface area contributed by atoms with Crippen molar-refractivity contribution in [3.63, 3.8) is 0 Å². The van der Waals surface area contributed by atoms with Crippen LogP contribution in [0.5, 0.6) is 0 Å². The Morgan fingerprint density at radius 3 is 1.52 bits per heavy atom. The summed E-state index contributed by atoms with van der Waals surface area (Å²) in [6.45, 7) is 4.76. The summed E-state index contributed by atoms with van der Waals surface area (Å²) in [4.78, 5) is 0. The van der Waals surface area contributed by atoms with E-state index >= 15 is 0 Å². The summed E-state index contributed by atoms with van der Waals surface area (Å²) >= 11 is 0. The van der Waals surface area contributed by atoms with Gasteiger partial charge in [0.25, 0.3) is 0 Å². The molecule has 0 aliphatic heterocycles. The fourth-order valence-corrected chi connectivity index (χ4v) is 5.24. The van der Waals surface area contributed by atoms with Crippen molar-refractivity contribution in [3.8, 4) is 0 Å². The summed E-state index contributed by atoms with van der Waals surface area (Å²) < 4.78 is 33.4. The van der Waals surface area contributed by atoms with Crippen molar-refractivity contribution in [1.29, 1.82) is 0 Å². The minimum atomic E-state index is -4.39. The molecular formula is C25H53NO4S. The monoisotopic (exact) mass is 463 g/mol.